The van der Waals surface area contributed by atoms with Crippen molar-refractivity contribution in [2.45, 2.75) is 49.8 Å². The Balaban J connectivity index is 1.94. The second-order valence-corrected chi connectivity index (χ2v) is 8.62. The van der Waals surface area contributed by atoms with Crippen LogP contribution < -0.4 is 5.32 Å². The molecule has 1 unspecified atom stereocenters. The number of nitrogens with one attached hydrogen (secondary N) is 1. The van der Waals surface area contributed by atoms with Crippen molar-refractivity contribution in [1.29, 1.82) is 0 Å². The van der Waals surface area contributed by atoms with Gasteiger partial charge in [-0.05, 0) is 42.9 Å². The van der Waals surface area contributed by atoms with Crippen LogP contribution in [-0.4, -0.2) is 27.3 Å². The van der Waals surface area contributed by atoms with E-state index < -0.39 is 9.84 Å². The van der Waals surface area contributed by atoms with Gasteiger partial charge in [0.15, 0.2) is 9.84 Å². The van der Waals surface area contributed by atoms with E-state index in [4.69, 9.17) is 0 Å². The molecular weight excluding hydrogens is 282 g/mol. The van der Waals surface area contributed by atoms with E-state index in [1.165, 1.54) is 12.8 Å². The van der Waals surface area contributed by atoms with Gasteiger partial charge in [-0.25, -0.2) is 8.42 Å². The average Bonchev–Trinajstić information content (AvgIpc) is 3.04. The molecule has 0 aromatic heterocycles. The first-order chi connectivity index (χ1) is 10.1. The maximum atomic E-state index is 12.5. The van der Waals surface area contributed by atoms with E-state index in [-0.39, 0.29) is 11.3 Å². The van der Waals surface area contributed by atoms with Crippen LogP contribution in [-0.2, 0) is 9.84 Å². The third-order valence-electron chi connectivity index (χ3n) is 5.26. The molecule has 1 aliphatic heterocycles. The second-order valence-electron chi connectivity index (χ2n) is 6.62. The second kappa shape index (κ2) is 5.73. The Bertz CT molecular complexity index is 603. The molecule has 116 valence electrons. The Morgan fingerprint density at radius 1 is 1.24 bits per heavy atom. The molecule has 21 heavy (non-hydrogen) atoms. The fourth-order valence-corrected chi connectivity index (χ4v) is 6.21. The lowest BCUT2D eigenvalue weighted by molar-refractivity contribution is 0.233. The van der Waals surface area contributed by atoms with Crippen molar-refractivity contribution in [3.63, 3.8) is 0 Å². The number of benzene rings is 1. The van der Waals surface area contributed by atoms with E-state index in [0.717, 1.165) is 37.9 Å². The first-order valence-corrected chi connectivity index (χ1v) is 9.77. The highest BCUT2D eigenvalue weighted by Crippen LogP contribution is 2.53. The lowest BCUT2D eigenvalue weighted by Crippen LogP contribution is -2.38. The van der Waals surface area contributed by atoms with Crippen LogP contribution in [0.2, 0.25) is 0 Å². The summed E-state index contributed by atoms with van der Waals surface area (Å²) in [6.07, 6.45) is 5.88. The Morgan fingerprint density at radius 3 is 2.67 bits per heavy atom. The van der Waals surface area contributed by atoms with Gasteiger partial charge in [0.05, 0.1) is 10.6 Å². The Kier molecular flexibility index (Phi) is 4.10. The molecule has 3 rings (SSSR count). The van der Waals surface area contributed by atoms with E-state index >= 15 is 0 Å². The quantitative estimate of drug-likeness (QED) is 0.850. The van der Waals surface area contributed by atoms with Gasteiger partial charge in [-0.2, -0.15) is 0 Å². The van der Waals surface area contributed by atoms with Crippen LogP contribution in [0, 0.1) is 5.41 Å². The van der Waals surface area contributed by atoms with Crippen molar-refractivity contribution in [1.82, 2.24) is 5.32 Å². The summed E-state index contributed by atoms with van der Waals surface area (Å²) in [5.74, 6) is 0.478. The highest BCUT2D eigenvalue weighted by atomic mass is 32.2. The topological polar surface area (TPSA) is 46.2 Å². The summed E-state index contributed by atoms with van der Waals surface area (Å²) in [6.45, 7) is 4.14. The van der Waals surface area contributed by atoms with Crippen LogP contribution in [0.25, 0.3) is 0 Å². The van der Waals surface area contributed by atoms with Crippen molar-refractivity contribution in [2.75, 3.05) is 18.8 Å². The molecule has 1 fully saturated rings. The van der Waals surface area contributed by atoms with Crippen molar-refractivity contribution in [2.24, 2.45) is 5.41 Å². The SMILES string of the molecule is CCCNCC1(C2CS(=O)(=O)c3ccccc32)CCCC1. The molecule has 3 nitrogen and oxygen atoms in total. The molecule has 0 radical (unpaired) electrons. The summed E-state index contributed by atoms with van der Waals surface area (Å²) in [5, 5.41) is 3.56. The molecular formula is C17H25NO2S. The lowest BCUT2D eigenvalue weighted by atomic mass is 9.71. The molecule has 1 aliphatic carbocycles. The van der Waals surface area contributed by atoms with Crippen molar-refractivity contribution in [3.8, 4) is 0 Å². The monoisotopic (exact) mass is 307 g/mol. The Hall–Kier alpha value is -0.870. The smallest absolute Gasteiger partial charge is 0.179 e. The van der Waals surface area contributed by atoms with Gasteiger partial charge in [0.2, 0.25) is 0 Å². The molecule has 2 aliphatic rings. The van der Waals surface area contributed by atoms with Gasteiger partial charge in [-0.3, -0.25) is 0 Å². The molecule has 1 N–H and O–H groups in total. The molecule has 1 aromatic carbocycles. The highest BCUT2D eigenvalue weighted by molar-refractivity contribution is 7.91. The third-order valence-corrected chi connectivity index (χ3v) is 7.07. The highest BCUT2D eigenvalue weighted by Gasteiger charge is 2.48. The van der Waals surface area contributed by atoms with Crippen LogP contribution in [0.1, 0.15) is 50.5 Å². The van der Waals surface area contributed by atoms with Gasteiger partial charge in [-0.15, -0.1) is 0 Å². The average molecular weight is 307 g/mol. The van der Waals surface area contributed by atoms with Gasteiger partial charge in [0.25, 0.3) is 0 Å². The predicted molar refractivity (Wildman–Crippen MR) is 85.3 cm³/mol. The molecule has 1 atom stereocenters. The van der Waals surface area contributed by atoms with E-state index in [0.29, 0.717) is 10.6 Å². The van der Waals surface area contributed by atoms with Crippen molar-refractivity contribution < 1.29 is 8.42 Å². The summed E-state index contributed by atoms with van der Waals surface area (Å²) >= 11 is 0. The first kappa shape index (κ1) is 15.0. The van der Waals surface area contributed by atoms with E-state index in [1.54, 1.807) is 6.07 Å². The number of hydrogen-bond acceptors (Lipinski definition) is 3. The zero-order chi connectivity index (χ0) is 14.9. The molecule has 0 spiro atoms. The zero-order valence-electron chi connectivity index (χ0n) is 12.8. The summed E-state index contributed by atoms with van der Waals surface area (Å²) in [7, 11) is -3.09. The molecule has 0 bridgehead atoms. The summed E-state index contributed by atoms with van der Waals surface area (Å²) in [4.78, 5) is 0.580. The molecule has 1 heterocycles. The minimum absolute atomic E-state index is 0.134. The van der Waals surface area contributed by atoms with Crippen LogP contribution in [0.15, 0.2) is 29.2 Å². The number of rotatable bonds is 5. The summed E-state index contributed by atoms with van der Waals surface area (Å²) < 4.78 is 24.9. The molecule has 1 aromatic rings. The van der Waals surface area contributed by atoms with E-state index in [1.807, 2.05) is 18.2 Å². The lowest BCUT2D eigenvalue weighted by Gasteiger charge is -2.36. The van der Waals surface area contributed by atoms with Crippen molar-refractivity contribution in [3.05, 3.63) is 29.8 Å². The third kappa shape index (κ3) is 2.64. The van der Waals surface area contributed by atoms with Crippen LogP contribution in [0.3, 0.4) is 0 Å². The Morgan fingerprint density at radius 2 is 1.95 bits per heavy atom. The van der Waals surface area contributed by atoms with Crippen LogP contribution in [0.4, 0.5) is 0 Å². The maximum Gasteiger partial charge on any atom is 0.179 e. The molecule has 0 saturated heterocycles. The number of fused-ring (bicyclic) bond motifs is 1. The van der Waals surface area contributed by atoms with Gasteiger partial charge in [-0.1, -0.05) is 38.0 Å². The van der Waals surface area contributed by atoms with Crippen LogP contribution in [0.5, 0.6) is 0 Å². The minimum Gasteiger partial charge on any atom is -0.316 e. The first-order valence-electron chi connectivity index (χ1n) is 8.11. The largest absolute Gasteiger partial charge is 0.316 e. The number of sulfone groups is 1. The van der Waals surface area contributed by atoms with E-state index in [9.17, 15) is 8.42 Å². The fraction of sp³-hybridized carbons (Fsp3) is 0.647. The van der Waals surface area contributed by atoms with Crippen molar-refractivity contribution >= 4 is 9.84 Å². The minimum atomic E-state index is -3.09. The zero-order valence-corrected chi connectivity index (χ0v) is 13.6. The molecule has 1 saturated carbocycles. The molecule has 4 heteroatoms. The normalized spacial score (nSPS) is 25.9. The van der Waals surface area contributed by atoms with Gasteiger partial charge in [0.1, 0.15) is 0 Å². The standard InChI is InChI=1S/C17H25NO2S/c1-2-11-18-13-17(9-5-6-10-17)15-12-21(19,20)16-8-4-3-7-14(15)16/h3-4,7-8,15,18H,2,5-6,9-13H2,1H3. The molecule has 0 amide bonds. The maximum absolute atomic E-state index is 12.5. The Labute approximate surface area is 128 Å². The fourth-order valence-electron chi connectivity index (χ4n) is 4.20. The van der Waals surface area contributed by atoms with Gasteiger partial charge >= 0.3 is 0 Å². The predicted octanol–water partition coefficient (Wildman–Crippen LogP) is 3.12. The summed E-state index contributed by atoms with van der Waals surface area (Å²) in [6, 6.07) is 7.64. The van der Waals surface area contributed by atoms with Gasteiger partial charge < -0.3 is 5.32 Å². The number of hydrogen-bond donors (Lipinski definition) is 1. The van der Waals surface area contributed by atoms with Gasteiger partial charge in [0, 0.05) is 12.5 Å². The summed E-state index contributed by atoms with van der Waals surface area (Å²) in [5.41, 5.74) is 1.20. The van der Waals surface area contributed by atoms with E-state index in [2.05, 4.69) is 12.2 Å². The van der Waals surface area contributed by atoms with Crippen LogP contribution >= 0.6 is 0 Å².